The van der Waals surface area contributed by atoms with Gasteiger partial charge in [-0.1, -0.05) is 34.1 Å². The van der Waals surface area contributed by atoms with Gasteiger partial charge in [0, 0.05) is 32.7 Å². The van der Waals surface area contributed by atoms with Crippen molar-refractivity contribution in [1.82, 2.24) is 0 Å². The van der Waals surface area contributed by atoms with Crippen molar-refractivity contribution >= 4 is 0 Å². The first-order valence-electron chi connectivity index (χ1n) is 3.81. The van der Waals surface area contributed by atoms with E-state index in [9.17, 15) is 0 Å². The van der Waals surface area contributed by atoms with Crippen LogP contribution in [0.25, 0.3) is 0 Å². The maximum absolute atomic E-state index is 5.03. The second kappa shape index (κ2) is 16.9. The predicted molar refractivity (Wildman–Crippen MR) is 47.5 cm³/mol. The fraction of sp³-hybridized carbons (Fsp3) is 0.600. The van der Waals surface area contributed by atoms with Gasteiger partial charge in [0.2, 0.25) is 0 Å². The Morgan fingerprint density at radius 1 is 1.36 bits per heavy atom. The van der Waals surface area contributed by atoms with E-state index >= 15 is 0 Å². The molecule has 0 heterocycles. The molecule has 0 nitrogen and oxygen atoms in total. The van der Waals surface area contributed by atoms with Crippen molar-refractivity contribution in [3.8, 4) is 0 Å². The van der Waals surface area contributed by atoms with Crippen LogP contribution in [0.1, 0.15) is 34.1 Å². The first-order chi connectivity index (χ1) is 4.68. The summed E-state index contributed by atoms with van der Waals surface area (Å²) in [4.78, 5) is 0. The van der Waals surface area contributed by atoms with Crippen molar-refractivity contribution in [3.05, 3.63) is 24.8 Å². The van der Waals surface area contributed by atoms with E-state index in [1.165, 1.54) is 12.5 Å². The van der Waals surface area contributed by atoms with Crippen molar-refractivity contribution in [2.75, 3.05) is 0 Å². The van der Waals surface area contributed by atoms with Crippen molar-refractivity contribution < 1.29 is 32.7 Å². The van der Waals surface area contributed by atoms with Gasteiger partial charge in [0.15, 0.2) is 0 Å². The van der Waals surface area contributed by atoms with Crippen LogP contribution >= 0.6 is 0 Å². The van der Waals surface area contributed by atoms with Crippen LogP contribution in [-0.2, 0) is 32.7 Å². The second-order valence-electron chi connectivity index (χ2n) is 2.39. The van der Waals surface area contributed by atoms with E-state index in [1.54, 1.807) is 6.08 Å². The van der Waals surface area contributed by atoms with Gasteiger partial charge >= 0.3 is 0 Å². The molecule has 0 rings (SSSR count). The Morgan fingerprint density at radius 2 is 1.73 bits per heavy atom. The predicted octanol–water partition coefficient (Wildman–Crippen LogP) is 3.40. The largest absolute Gasteiger partial charge is 0.394 e. The van der Waals surface area contributed by atoms with Gasteiger partial charge in [-0.25, -0.2) is 0 Å². The van der Waals surface area contributed by atoms with Crippen LogP contribution in [0, 0.1) is 18.6 Å². The fourth-order valence-electron chi connectivity index (χ4n) is 0.248. The molecule has 0 spiro atoms. The van der Waals surface area contributed by atoms with E-state index in [0.29, 0.717) is 5.92 Å². The summed E-state index contributed by atoms with van der Waals surface area (Å²) in [6.07, 6.45) is 7.45. The third kappa shape index (κ3) is 37.1. The van der Waals surface area contributed by atoms with E-state index in [4.69, 9.17) is 6.58 Å². The first-order valence-corrected chi connectivity index (χ1v) is 3.81. The fourth-order valence-corrected chi connectivity index (χ4v) is 0.248. The molecule has 0 aliphatic heterocycles. The maximum Gasteiger partial charge on any atom is 0 e. The van der Waals surface area contributed by atoms with Crippen LogP contribution in [-0.4, -0.2) is 0 Å². The normalized spacial score (nSPS) is 8.45. The topological polar surface area (TPSA) is 0 Å². The van der Waals surface area contributed by atoms with Gasteiger partial charge < -0.3 is 24.8 Å². The number of allylic oxidation sites excluding steroid dienone is 3. The van der Waals surface area contributed by atoms with Crippen molar-refractivity contribution in [2.45, 2.75) is 34.1 Å². The minimum absolute atomic E-state index is 0. The Bertz CT molecular complexity index is 82.9. The van der Waals surface area contributed by atoms with Gasteiger partial charge in [0.25, 0.3) is 0 Å². The molecule has 0 aliphatic rings. The zero-order chi connectivity index (χ0) is 8.41. The van der Waals surface area contributed by atoms with Gasteiger partial charge in [0.1, 0.15) is 0 Å². The first kappa shape index (κ1) is 17.6. The molecule has 11 heavy (non-hydrogen) atoms. The maximum atomic E-state index is 5.03. The Balaban J connectivity index is -0.000000140. The molecule has 0 aliphatic carbocycles. The molecule has 0 N–H and O–H groups in total. The SMILES string of the molecule is CCC.[CH-]=CC=[C-]C(C)C.[Y]. The molecular formula is C10H18Y-2. The zero-order valence-electron chi connectivity index (χ0n) is 8.09. The smallest absolute Gasteiger partial charge is 0 e. The minimum atomic E-state index is 0. The average Bonchev–Trinajstić information content (AvgIpc) is 1.85. The molecule has 0 unspecified atom stereocenters. The van der Waals surface area contributed by atoms with Crippen LogP contribution in [0.2, 0.25) is 0 Å². The van der Waals surface area contributed by atoms with E-state index in [-0.39, 0.29) is 32.7 Å². The number of hydrogen-bond donors (Lipinski definition) is 0. The summed E-state index contributed by atoms with van der Waals surface area (Å²) < 4.78 is 0. The Labute approximate surface area is 97.0 Å². The summed E-state index contributed by atoms with van der Waals surface area (Å²) in [5.41, 5.74) is 0. The monoisotopic (exact) mass is 227 g/mol. The van der Waals surface area contributed by atoms with Gasteiger partial charge in [-0.3, -0.25) is 0 Å². The molecule has 0 aromatic rings. The van der Waals surface area contributed by atoms with E-state index in [2.05, 4.69) is 33.8 Å². The van der Waals surface area contributed by atoms with Gasteiger partial charge in [-0.05, 0) is 0 Å². The van der Waals surface area contributed by atoms with Crippen molar-refractivity contribution in [3.63, 3.8) is 0 Å². The molecule has 63 valence electrons. The number of hydrogen-bond acceptors (Lipinski definition) is 0. The van der Waals surface area contributed by atoms with Crippen LogP contribution in [0.15, 0.2) is 12.2 Å². The van der Waals surface area contributed by atoms with Crippen LogP contribution in [0.4, 0.5) is 0 Å². The summed E-state index contributed by atoms with van der Waals surface area (Å²) in [7, 11) is 0. The molecule has 0 atom stereocenters. The van der Waals surface area contributed by atoms with Crippen LogP contribution < -0.4 is 0 Å². The van der Waals surface area contributed by atoms with E-state index < -0.39 is 0 Å². The minimum Gasteiger partial charge on any atom is -0.394 e. The quantitative estimate of drug-likeness (QED) is 0.501. The molecule has 0 aromatic heterocycles. The summed E-state index contributed by atoms with van der Waals surface area (Å²) in [5, 5.41) is 0. The Hall–Kier alpha value is 0.584. The summed E-state index contributed by atoms with van der Waals surface area (Å²) in [6.45, 7) is 13.4. The molecular weight excluding hydrogens is 209 g/mol. The molecule has 0 bridgehead atoms. The van der Waals surface area contributed by atoms with Gasteiger partial charge in [-0.2, -0.15) is 0 Å². The summed E-state index contributed by atoms with van der Waals surface area (Å²) in [6, 6.07) is 0. The molecule has 1 heteroatoms. The van der Waals surface area contributed by atoms with E-state index in [0.717, 1.165) is 0 Å². The van der Waals surface area contributed by atoms with E-state index in [1.807, 2.05) is 0 Å². The third-order valence-corrected chi connectivity index (χ3v) is 0.526. The van der Waals surface area contributed by atoms with Crippen LogP contribution in [0.3, 0.4) is 0 Å². The summed E-state index contributed by atoms with van der Waals surface area (Å²) >= 11 is 0. The second-order valence-corrected chi connectivity index (χ2v) is 2.39. The Morgan fingerprint density at radius 3 is 1.82 bits per heavy atom. The molecule has 0 fully saturated rings. The molecule has 0 aromatic carbocycles. The van der Waals surface area contributed by atoms with Gasteiger partial charge in [0.05, 0.1) is 0 Å². The molecule has 0 saturated carbocycles. The van der Waals surface area contributed by atoms with Crippen molar-refractivity contribution in [2.24, 2.45) is 5.92 Å². The third-order valence-electron chi connectivity index (χ3n) is 0.526. The molecule has 0 saturated heterocycles. The van der Waals surface area contributed by atoms with Crippen molar-refractivity contribution in [1.29, 1.82) is 0 Å². The average molecular weight is 227 g/mol. The van der Waals surface area contributed by atoms with Crippen LogP contribution in [0.5, 0.6) is 0 Å². The molecule has 0 amide bonds. The Kier molecular flexibility index (Phi) is 27.1. The standard InChI is InChI=1S/C7H10.C3H8.Y/c1-4-5-6-7(2)3;1-3-2;/h1,4-5,7H,2-3H3;3H2,1-2H3;/q-2;;. The zero-order valence-corrected chi connectivity index (χ0v) is 10.9. The molecule has 1 radical (unpaired) electrons. The number of rotatable bonds is 2. The van der Waals surface area contributed by atoms with Gasteiger partial charge in [-0.15, -0.1) is 5.92 Å². The summed E-state index contributed by atoms with van der Waals surface area (Å²) in [5.74, 6) is 0.486.